The van der Waals surface area contributed by atoms with Gasteiger partial charge in [0, 0.05) is 6.42 Å². The Morgan fingerprint density at radius 1 is 0.372 bits per heavy atom. The van der Waals surface area contributed by atoms with Crippen molar-refractivity contribution in [3.05, 3.63) is 0 Å². The summed E-state index contributed by atoms with van der Waals surface area (Å²) in [6, 6.07) is -0.825. The summed E-state index contributed by atoms with van der Waals surface area (Å²) >= 11 is 0. The molecule has 2 aliphatic heterocycles. The molecule has 0 radical (unpaired) electrons. The molecule has 2 heterocycles. The molecule has 2 rings (SSSR count). The number of ether oxygens (including phenoxy) is 4. The molecule has 1 amide bonds. The number of carbonyl (C=O) groups excluding carboxylic acids is 1. The lowest BCUT2D eigenvalue weighted by Gasteiger charge is -2.46. The second-order valence-electron chi connectivity index (χ2n) is 26.8. The van der Waals surface area contributed by atoms with Crippen LogP contribution in [0, 0.1) is 0 Å². The van der Waals surface area contributed by atoms with E-state index in [1.807, 2.05) is 0 Å². The molecular weight excluding hydrogens is 1090 g/mol. The third kappa shape index (κ3) is 41.5. The third-order valence-corrected chi connectivity index (χ3v) is 18.8. The monoisotopic (exact) mass is 1230 g/mol. The zero-order valence-electron chi connectivity index (χ0n) is 55.9. The molecule has 0 aromatic rings. The van der Waals surface area contributed by atoms with Crippen LogP contribution in [0.25, 0.3) is 0 Å². The molecule has 0 spiro atoms. The number of nitrogens with one attached hydrogen (secondary N) is 1. The highest BCUT2D eigenvalue weighted by Gasteiger charge is 2.51. The molecule has 0 bridgehead atoms. The molecule has 0 saturated carbocycles. The Balaban J connectivity index is 1.64. The second-order valence-corrected chi connectivity index (χ2v) is 26.8. The van der Waals surface area contributed by atoms with Crippen molar-refractivity contribution in [1.82, 2.24) is 5.32 Å². The van der Waals surface area contributed by atoms with Gasteiger partial charge in [-0.25, -0.2) is 0 Å². The molecule has 14 heteroatoms. The summed E-state index contributed by atoms with van der Waals surface area (Å²) in [6.07, 6.45) is 52.7. The average molecular weight is 1230 g/mol. The highest BCUT2D eigenvalue weighted by Crippen LogP contribution is 2.30. The molecule has 14 nitrogen and oxygen atoms in total. The first-order chi connectivity index (χ1) is 42.1. The van der Waals surface area contributed by atoms with E-state index in [-0.39, 0.29) is 12.5 Å². The Hall–Kier alpha value is -1.01. The summed E-state index contributed by atoms with van der Waals surface area (Å²) in [4.78, 5) is 13.4. The molecule has 0 aromatic heterocycles. The lowest BCUT2D eigenvalue weighted by atomic mass is 9.97. The summed E-state index contributed by atoms with van der Waals surface area (Å²) in [5.41, 5.74) is 0. The van der Waals surface area contributed by atoms with Gasteiger partial charge in [-0.05, 0) is 12.8 Å². The summed E-state index contributed by atoms with van der Waals surface area (Å²) in [7, 11) is 0. The van der Waals surface area contributed by atoms with Gasteiger partial charge in [-0.3, -0.25) is 4.79 Å². The van der Waals surface area contributed by atoms with E-state index in [4.69, 9.17) is 18.9 Å². The van der Waals surface area contributed by atoms with E-state index in [0.717, 1.165) is 51.4 Å². The molecular formula is C72H141NO13. The third-order valence-electron chi connectivity index (χ3n) is 18.8. The van der Waals surface area contributed by atoms with Crippen LogP contribution in [-0.4, -0.2) is 140 Å². The minimum absolute atomic E-state index is 0.196. The zero-order chi connectivity index (χ0) is 62.3. The van der Waals surface area contributed by atoms with E-state index >= 15 is 0 Å². The van der Waals surface area contributed by atoms with Crippen LogP contribution in [0.3, 0.4) is 0 Å². The van der Waals surface area contributed by atoms with Crippen LogP contribution < -0.4 is 5.32 Å². The van der Waals surface area contributed by atoms with Gasteiger partial charge in [-0.15, -0.1) is 0 Å². The lowest BCUT2D eigenvalue weighted by Crippen LogP contribution is -2.65. The van der Waals surface area contributed by atoms with Crippen molar-refractivity contribution >= 4 is 5.91 Å². The standard InChI is InChI=1S/C72H141NO13/c1-3-5-7-9-11-13-15-17-19-21-23-25-27-29-31-33-35-37-39-41-43-45-47-49-51-53-55-61(76)60(59-83-71-69(82)67(80)70(63(58-75)85-71)86-72-68(81)66(79)65(78)62(57-74)84-72)73-64(77)56-54-52-50-48-46-44-42-40-38-36-34-32-30-28-26-24-22-20-18-16-14-12-10-8-6-4-2/h60-63,65-72,74-76,78-82H,3-59H2,1-2H3,(H,73,77). The van der Waals surface area contributed by atoms with Crippen molar-refractivity contribution in [2.24, 2.45) is 0 Å². The first kappa shape index (κ1) is 81.1. The predicted molar refractivity (Wildman–Crippen MR) is 351 cm³/mol. The van der Waals surface area contributed by atoms with Gasteiger partial charge in [0.25, 0.3) is 0 Å². The molecule has 0 aliphatic carbocycles. The summed E-state index contributed by atoms with van der Waals surface area (Å²) in [6.45, 7) is 2.94. The van der Waals surface area contributed by atoms with Gasteiger partial charge >= 0.3 is 0 Å². The SMILES string of the molecule is CCCCCCCCCCCCCCCCCCCCCCCCCCCCC(=O)NC(COC1OC(CO)C(OC2OC(CO)C(O)C(O)C2O)C(O)C1O)C(O)CCCCCCCCCCCCCCCCCCCCCCCCCCCC. The van der Waals surface area contributed by atoms with Crippen LogP contribution in [0.2, 0.25) is 0 Å². The minimum Gasteiger partial charge on any atom is -0.394 e. The fourth-order valence-corrected chi connectivity index (χ4v) is 12.9. The minimum atomic E-state index is -1.78. The summed E-state index contributed by atoms with van der Waals surface area (Å²) < 4.78 is 23.0. The van der Waals surface area contributed by atoms with Gasteiger partial charge in [0.1, 0.15) is 48.8 Å². The van der Waals surface area contributed by atoms with Gasteiger partial charge in [0.15, 0.2) is 12.6 Å². The summed E-state index contributed by atoms with van der Waals surface area (Å²) in [5, 5.41) is 87.7. The van der Waals surface area contributed by atoms with Crippen molar-refractivity contribution in [2.75, 3.05) is 19.8 Å². The molecule has 512 valence electrons. The quantitative estimate of drug-likeness (QED) is 0.0259. The Morgan fingerprint density at radius 3 is 0.988 bits per heavy atom. The molecule has 12 atom stereocenters. The summed E-state index contributed by atoms with van der Waals surface area (Å²) in [5.74, 6) is -0.196. The number of hydrogen-bond donors (Lipinski definition) is 9. The number of aliphatic hydroxyl groups is 8. The van der Waals surface area contributed by atoms with Gasteiger partial charge in [0.2, 0.25) is 5.91 Å². The molecule has 12 unspecified atom stereocenters. The Morgan fingerprint density at radius 2 is 0.663 bits per heavy atom. The van der Waals surface area contributed by atoms with E-state index in [9.17, 15) is 45.6 Å². The molecule has 9 N–H and O–H groups in total. The first-order valence-electron chi connectivity index (χ1n) is 37.3. The topological polar surface area (TPSA) is 228 Å². The molecule has 0 aromatic carbocycles. The highest BCUT2D eigenvalue weighted by molar-refractivity contribution is 5.76. The number of unbranched alkanes of at least 4 members (excludes halogenated alkanes) is 50. The number of carbonyl (C=O) groups is 1. The predicted octanol–water partition coefficient (Wildman–Crippen LogP) is 15.6. The molecule has 86 heavy (non-hydrogen) atoms. The second kappa shape index (κ2) is 57.9. The van der Waals surface area contributed by atoms with Gasteiger partial charge < -0.3 is 65.1 Å². The molecule has 2 aliphatic rings. The van der Waals surface area contributed by atoms with E-state index in [0.29, 0.717) is 12.8 Å². The largest absolute Gasteiger partial charge is 0.394 e. The van der Waals surface area contributed by atoms with Crippen molar-refractivity contribution < 1.29 is 64.6 Å². The number of hydrogen-bond acceptors (Lipinski definition) is 13. The van der Waals surface area contributed by atoms with Crippen LogP contribution in [0.5, 0.6) is 0 Å². The molecule has 2 fully saturated rings. The maximum atomic E-state index is 13.4. The van der Waals surface area contributed by atoms with E-state index in [2.05, 4.69) is 19.2 Å². The van der Waals surface area contributed by atoms with Crippen molar-refractivity contribution in [2.45, 2.75) is 434 Å². The van der Waals surface area contributed by atoms with Crippen LogP contribution in [0.15, 0.2) is 0 Å². The number of rotatable bonds is 63. The first-order valence-corrected chi connectivity index (χ1v) is 37.3. The normalized spacial score (nSPS) is 23.3. The van der Waals surface area contributed by atoms with Crippen molar-refractivity contribution in [1.29, 1.82) is 0 Å². The lowest BCUT2D eigenvalue weighted by molar-refractivity contribution is -0.359. The van der Waals surface area contributed by atoms with E-state index < -0.39 is 86.8 Å². The maximum absolute atomic E-state index is 13.4. The number of amides is 1. The maximum Gasteiger partial charge on any atom is 0.220 e. The van der Waals surface area contributed by atoms with Crippen LogP contribution >= 0.6 is 0 Å². The van der Waals surface area contributed by atoms with Gasteiger partial charge in [-0.2, -0.15) is 0 Å². The fraction of sp³-hybridized carbons (Fsp3) is 0.986. The Labute approximate surface area is 527 Å². The van der Waals surface area contributed by atoms with Gasteiger partial charge in [0.05, 0.1) is 32.0 Å². The Bertz CT molecular complexity index is 1450. The zero-order valence-corrected chi connectivity index (χ0v) is 55.9. The van der Waals surface area contributed by atoms with Gasteiger partial charge in [-0.1, -0.05) is 341 Å². The van der Waals surface area contributed by atoms with Crippen molar-refractivity contribution in [3.63, 3.8) is 0 Å². The van der Waals surface area contributed by atoms with E-state index in [1.54, 1.807) is 0 Å². The smallest absolute Gasteiger partial charge is 0.220 e. The van der Waals surface area contributed by atoms with Crippen molar-refractivity contribution in [3.8, 4) is 0 Å². The van der Waals surface area contributed by atoms with E-state index in [1.165, 1.54) is 283 Å². The fourth-order valence-electron chi connectivity index (χ4n) is 12.9. The molecule has 2 saturated heterocycles. The van der Waals surface area contributed by atoms with Crippen LogP contribution in [0.4, 0.5) is 0 Å². The average Bonchev–Trinajstić information content (AvgIpc) is 2.54. The van der Waals surface area contributed by atoms with Crippen LogP contribution in [-0.2, 0) is 23.7 Å². The number of aliphatic hydroxyl groups excluding tert-OH is 8. The highest BCUT2D eigenvalue weighted by atomic mass is 16.7. The van der Waals surface area contributed by atoms with Crippen LogP contribution in [0.1, 0.15) is 361 Å². The Kier molecular flexibility index (Phi) is 54.5.